The lowest BCUT2D eigenvalue weighted by Gasteiger charge is -2.14. The van der Waals surface area contributed by atoms with Crippen molar-refractivity contribution in [2.24, 2.45) is 5.73 Å². The average Bonchev–Trinajstić information content (AvgIpc) is 2.45. The van der Waals surface area contributed by atoms with E-state index in [0.717, 1.165) is 24.3 Å². The van der Waals surface area contributed by atoms with Gasteiger partial charge >= 0.3 is 0 Å². The normalized spacial score (nSPS) is 12.1. The maximum absolute atomic E-state index is 6.16. The third-order valence-corrected chi connectivity index (χ3v) is 2.84. The smallest absolute Gasteiger partial charge is 0.141 e. The number of hydrogen-bond donors (Lipinski definition) is 1. The molecule has 2 heterocycles. The standard InChI is InChI=1S/C14H17N3O/c1-18-13-5-3-9-17-14(13)12(15)7-6-11-4-2-8-16-10-11/h2-5,8-10,12H,6-7,15H2,1H3. The summed E-state index contributed by atoms with van der Waals surface area (Å²) < 4.78 is 5.26. The van der Waals surface area contributed by atoms with Gasteiger partial charge in [0.15, 0.2) is 0 Å². The lowest BCUT2D eigenvalue weighted by molar-refractivity contribution is 0.400. The Morgan fingerprint density at radius 3 is 2.83 bits per heavy atom. The number of nitrogens with two attached hydrogens (primary N) is 1. The van der Waals surface area contributed by atoms with E-state index >= 15 is 0 Å². The minimum Gasteiger partial charge on any atom is -0.495 e. The summed E-state index contributed by atoms with van der Waals surface area (Å²) in [6, 6.07) is 7.58. The average molecular weight is 243 g/mol. The zero-order valence-electron chi connectivity index (χ0n) is 10.4. The molecule has 0 amide bonds. The Kier molecular flexibility index (Phi) is 4.25. The van der Waals surface area contributed by atoms with Crippen LogP contribution in [0.2, 0.25) is 0 Å². The van der Waals surface area contributed by atoms with E-state index in [1.165, 1.54) is 5.56 Å². The molecule has 94 valence electrons. The minimum atomic E-state index is -0.124. The summed E-state index contributed by atoms with van der Waals surface area (Å²) in [6.45, 7) is 0. The predicted molar refractivity (Wildman–Crippen MR) is 70.3 cm³/mol. The molecule has 0 aliphatic carbocycles. The van der Waals surface area contributed by atoms with Gasteiger partial charge < -0.3 is 10.5 Å². The van der Waals surface area contributed by atoms with E-state index in [4.69, 9.17) is 10.5 Å². The molecular weight excluding hydrogens is 226 g/mol. The molecule has 0 spiro atoms. The fourth-order valence-electron chi connectivity index (χ4n) is 1.86. The summed E-state index contributed by atoms with van der Waals surface area (Å²) in [5.41, 5.74) is 8.15. The second-order valence-electron chi connectivity index (χ2n) is 4.10. The molecule has 2 N–H and O–H groups in total. The van der Waals surface area contributed by atoms with Gasteiger partial charge in [-0.05, 0) is 36.6 Å². The van der Waals surface area contributed by atoms with Gasteiger partial charge in [0.1, 0.15) is 5.75 Å². The predicted octanol–water partition coefficient (Wildman–Crippen LogP) is 2.12. The van der Waals surface area contributed by atoms with Crippen LogP contribution in [-0.4, -0.2) is 17.1 Å². The highest BCUT2D eigenvalue weighted by atomic mass is 16.5. The maximum atomic E-state index is 6.16. The Labute approximate surface area is 107 Å². The molecule has 2 aromatic heterocycles. The number of aromatic nitrogens is 2. The summed E-state index contributed by atoms with van der Waals surface area (Å²) >= 11 is 0. The Bertz CT molecular complexity index is 487. The van der Waals surface area contributed by atoms with E-state index in [0.29, 0.717) is 0 Å². The SMILES string of the molecule is COc1cccnc1C(N)CCc1cccnc1. The molecule has 0 aliphatic rings. The number of ether oxygens (including phenoxy) is 1. The maximum Gasteiger partial charge on any atom is 0.141 e. The van der Waals surface area contributed by atoms with Crippen molar-refractivity contribution in [2.45, 2.75) is 18.9 Å². The molecule has 2 rings (SSSR count). The number of nitrogens with zero attached hydrogens (tertiary/aromatic N) is 2. The molecule has 0 radical (unpaired) electrons. The summed E-state index contributed by atoms with van der Waals surface area (Å²) in [4.78, 5) is 8.38. The monoisotopic (exact) mass is 243 g/mol. The molecule has 0 saturated heterocycles. The van der Waals surface area contributed by atoms with Gasteiger partial charge in [0.2, 0.25) is 0 Å². The highest BCUT2D eigenvalue weighted by Crippen LogP contribution is 2.23. The highest BCUT2D eigenvalue weighted by molar-refractivity contribution is 5.29. The molecule has 1 atom stereocenters. The molecule has 1 unspecified atom stereocenters. The molecule has 4 heteroatoms. The van der Waals surface area contributed by atoms with Gasteiger partial charge in [0, 0.05) is 18.6 Å². The highest BCUT2D eigenvalue weighted by Gasteiger charge is 2.12. The van der Waals surface area contributed by atoms with Crippen molar-refractivity contribution in [3.63, 3.8) is 0 Å². The van der Waals surface area contributed by atoms with Crippen molar-refractivity contribution in [2.75, 3.05) is 7.11 Å². The van der Waals surface area contributed by atoms with Gasteiger partial charge in [-0.15, -0.1) is 0 Å². The first-order valence-corrected chi connectivity index (χ1v) is 5.94. The van der Waals surface area contributed by atoms with Crippen molar-refractivity contribution in [3.8, 4) is 5.75 Å². The van der Waals surface area contributed by atoms with E-state index in [2.05, 4.69) is 16.0 Å². The van der Waals surface area contributed by atoms with Crippen LogP contribution in [0.3, 0.4) is 0 Å². The second-order valence-corrected chi connectivity index (χ2v) is 4.10. The van der Waals surface area contributed by atoms with Crippen LogP contribution in [0.15, 0.2) is 42.9 Å². The van der Waals surface area contributed by atoms with E-state index < -0.39 is 0 Å². The van der Waals surface area contributed by atoms with E-state index in [9.17, 15) is 0 Å². The Hall–Kier alpha value is -1.94. The van der Waals surface area contributed by atoms with Gasteiger partial charge in [-0.2, -0.15) is 0 Å². The van der Waals surface area contributed by atoms with Crippen LogP contribution in [0.5, 0.6) is 5.75 Å². The molecule has 0 aromatic carbocycles. The van der Waals surface area contributed by atoms with Gasteiger partial charge in [-0.3, -0.25) is 9.97 Å². The lowest BCUT2D eigenvalue weighted by atomic mass is 10.0. The topological polar surface area (TPSA) is 61.0 Å². The van der Waals surface area contributed by atoms with Crippen molar-refractivity contribution in [1.82, 2.24) is 9.97 Å². The first-order chi connectivity index (χ1) is 8.81. The molecule has 2 aromatic rings. The summed E-state index contributed by atoms with van der Waals surface area (Å²) in [6.07, 6.45) is 7.07. The van der Waals surface area contributed by atoms with E-state index in [1.54, 1.807) is 19.5 Å². The fourth-order valence-corrected chi connectivity index (χ4v) is 1.86. The van der Waals surface area contributed by atoms with Crippen LogP contribution in [0, 0.1) is 0 Å². The third kappa shape index (κ3) is 3.05. The van der Waals surface area contributed by atoms with Crippen LogP contribution in [0.4, 0.5) is 0 Å². The van der Waals surface area contributed by atoms with Crippen molar-refractivity contribution < 1.29 is 4.74 Å². The van der Waals surface area contributed by atoms with Gasteiger partial charge in [-0.25, -0.2) is 0 Å². The zero-order chi connectivity index (χ0) is 12.8. The largest absolute Gasteiger partial charge is 0.495 e. The number of hydrogen-bond acceptors (Lipinski definition) is 4. The number of aryl methyl sites for hydroxylation is 1. The minimum absolute atomic E-state index is 0.124. The molecular formula is C14H17N3O. The van der Waals surface area contributed by atoms with Gasteiger partial charge in [0.25, 0.3) is 0 Å². The van der Waals surface area contributed by atoms with E-state index in [-0.39, 0.29) is 6.04 Å². The quantitative estimate of drug-likeness (QED) is 0.873. The van der Waals surface area contributed by atoms with Gasteiger partial charge in [0.05, 0.1) is 18.8 Å². The first kappa shape index (κ1) is 12.5. The fraction of sp³-hybridized carbons (Fsp3) is 0.286. The number of methoxy groups -OCH3 is 1. The van der Waals surface area contributed by atoms with Crippen molar-refractivity contribution >= 4 is 0 Å². The van der Waals surface area contributed by atoms with Crippen molar-refractivity contribution in [3.05, 3.63) is 54.1 Å². The second kappa shape index (κ2) is 6.12. The Balaban J connectivity index is 2.01. The number of pyridine rings is 2. The summed E-state index contributed by atoms with van der Waals surface area (Å²) in [5, 5.41) is 0. The van der Waals surface area contributed by atoms with E-state index in [1.807, 2.05) is 24.4 Å². The summed E-state index contributed by atoms with van der Waals surface area (Å²) in [5.74, 6) is 0.746. The molecule has 0 fully saturated rings. The first-order valence-electron chi connectivity index (χ1n) is 5.94. The Morgan fingerprint density at radius 2 is 2.11 bits per heavy atom. The van der Waals surface area contributed by atoms with Crippen molar-refractivity contribution in [1.29, 1.82) is 0 Å². The van der Waals surface area contributed by atoms with Crippen LogP contribution in [-0.2, 0) is 6.42 Å². The molecule has 0 saturated carbocycles. The lowest BCUT2D eigenvalue weighted by Crippen LogP contribution is -2.14. The summed E-state index contributed by atoms with van der Waals surface area (Å²) in [7, 11) is 1.63. The van der Waals surface area contributed by atoms with Crippen LogP contribution in [0.1, 0.15) is 23.7 Å². The number of rotatable bonds is 5. The van der Waals surface area contributed by atoms with Crippen LogP contribution in [0.25, 0.3) is 0 Å². The van der Waals surface area contributed by atoms with Crippen LogP contribution >= 0.6 is 0 Å². The molecule has 4 nitrogen and oxygen atoms in total. The van der Waals surface area contributed by atoms with Gasteiger partial charge in [-0.1, -0.05) is 6.07 Å². The molecule has 0 aliphatic heterocycles. The zero-order valence-corrected chi connectivity index (χ0v) is 10.4. The molecule has 18 heavy (non-hydrogen) atoms. The Morgan fingerprint density at radius 1 is 1.28 bits per heavy atom. The van der Waals surface area contributed by atoms with Crippen LogP contribution < -0.4 is 10.5 Å². The molecule has 0 bridgehead atoms. The third-order valence-electron chi connectivity index (χ3n) is 2.84.